The van der Waals surface area contributed by atoms with Crippen molar-refractivity contribution >= 4 is 21.9 Å². The quantitative estimate of drug-likeness (QED) is 0.791. The second kappa shape index (κ2) is 6.04. The summed E-state index contributed by atoms with van der Waals surface area (Å²) in [5, 5.41) is 0. The van der Waals surface area contributed by atoms with Crippen LogP contribution < -0.4 is 0 Å². The summed E-state index contributed by atoms with van der Waals surface area (Å²) < 4.78 is 5.84. The van der Waals surface area contributed by atoms with Crippen LogP contribution in [0.5, 0.6) is 0 Å². The van der Waals surface area contributed by atoms with Gasteiger partial charge < -0.3 is 4.74 Å². The lowest BCUT2D eigenvalue weighted by atomic mass is 9.94. The molecular weight excluding hydrogens is 268 g/mol. The van der Waals surface area contributed by atoms with Crippen LogP contribution >= 0.6 is 15.9 Å². The van der Waals surface area contributed by atoms with Gasteiger partial charge >= 0.3 is 5.97 Å². The molecule has 2 nitrogen and oxygen atoms in total. The molecule has 0 saturated heterocycles. The summed E-state index contributed by atoms with van der Waals surface area (Å²) in [6, 6.07) is 6.14. The third-order valence-corrected chi connectivity index (χ3v) is 3.30. The summed E-state index contributed by atoms with van der Waals surface area (Å²) >= 11 is 3.45. The Kier molecular flexibility index (Phi) is 5.00. The van der Waals surface area contributed by atoms with Crippen molar-refractivity contribution in [2.45, 2.75) is 26.7 Å². The van der Waals surface area contributed by atoms with Crippen molar-refractivity contribution in [2.75, 3.05) is 7.11 Å². The molecule has 0 radical (unpaired) electrons. The van der Waals surface area contributed by atoms with Crippen LogP contribution in [0, 0.1) is 12.8 Å². The number of rotatable bonds is 4. The van der Waals surface area contributed by atoms with Crippen LogP contribution in [-0.4, -0.2) is 13.1 Å². The van der Waals surface area contributed by atoms with E-state index in [0.29, 0.717) is 0 Å². The molecule has 88 valence electrons. The molecule has 16 heavy (non-hydrogen) atoms. The highest BCUT2D eigenvalue weighted by Crippen LogP contribution is 2.21. The zero-order valence-corrected chi connectivity index (χ0v) is 11.5. The highest BCUT2D eigenvalue weighted by atomic mass is 79.9. The first-order valence-corrected chi connectivity index (χ1v) is 6.20. The number of ether oxygens (including phenoxy) is 1. The summed E-state index contributed by atoms with van der Waals surface area (Å²) in [5.41, 5.74) is 2.41. The van der Waals surface area contributed by atoms with Crippen LogP contribution in [0.3, 0.4) is 0 Å². The minimum atomic E-state index is -0.123. The lowest BCUT2D eigenvalue weighted by Crippen LogP contribution is -2.18. The molecule has 1 rings (SSSR count). The second-order valence-corrected chi connectivity index (χ2v) is 4.82. The number of halogens is 1. The van der Waals surface area contributed by atoms with Gasteiger partial charge in [0.25, 0.3) is 0 Å². The Labute approximate surface area is 105 Å². The van der Waals surface area contributed by atoms with Crippen molar-refractivity contribution in [1.29, 1.82) is 0 Å². The summed E-state index contributed by atoms with van der Waals surface area (Å²) in [6.45, 7) is 4.07. The van der Waals surface area contributed by atoms with Gasteiger partial charge in [-0.1, -0.05) is 28.9 Å². The molecule has 1 unspecified atom stereocenters. The topological polar surface area (TPSA) is 26.3 Å². The molecule has 0 amide bonds. The molecular formula is C13H17BrO2. The van der Waals surface area contributed by atoms with Crippen LogP contribution in [0.15, 0.2) is 22.7 Å². The number of hydrogen-bond donors (Lipinski definition) is 0. The van der Waals surface area contributed by atoms with Gasteiger partial charge in [-0.05, 0) is 43.0 Å². The Hall–Kier alpha value is -0.830. The van der Waals surface area contributed by atoms with E-state index in [1.165, 1.54) is 18.2 Å². The molecule has 0 saturated carbocycles. The number of carbonyl (C=O) groups excluding carboxylic acids is 1. The van der Waals surface area contributed by atoms with E-state index in [1.807, 2.05) is 13.0 Å². The fourth-order valence-corrected chi connectivity index (χ4v) is 2.09. The molecule has 0 heterocycles. The van der Waals surface area contributed by atoms with Gasteiger partial charge in [-0.25, -0.2) is 0 Å². The molecule has 0 spiro atoms. The lowest BCUT2D eigenvalue weighted by molar-refractivity contribution is -0.145. The maximum absolute atomic E-state index is 11.5. The molecule has 0 aliphatic rings. The zero-order chi connectivity index (χ0) is 12.1. The van der Waals surface area contributed by atoms with Crippen LogP contribution in [0.2, 0.25) is 0 Å². The zero-order valence-electron chi connectivity index (χ0n) is 9.92. The van der Waals surface area contributed by atoms with Gasteiger partial charge in [0.2, 0.25) is 0 Å². The predicted molar refractivity (Wildman–Crippen MR) is 68.4 cm³/mol. The molecule has 0 aromatic heterocycles. The van der Waals surface area contributed by atoms with Gasteiger partial charge in [-0.2, -0.15) is 0 Å². The van der Waals surface area contributed by atoms with Crippen molar-refractivity contribution in [3.05, 3.63) is 33.8 Å². The number of benzene rings is 1. The first-order valence-electron chi connectivity index (χ1n) is 5.41. The van der Waals surface area contributed by atoms with E-state index < -0.39 is 0 Å². The van der Waals surface area contributed by atoms with Crippen LogP contribution in [0.4, 0.5) is 0 Å². The average Bonchev–Trinajstić information content (AvgIpc) is 2.29. The van der Waals surface area contributed by atoms with Crippen LogP contribution in [0.25, 0.3) is 0 Å². The fourth-order valence-electron chi connectivity index (χ4n) is 1.69. The minimum Gasteiger partial charge on any atom is -0.469 e. The van der Waals surface area contributed by atoms with E-state index in [0.717, 1.165) is 17.3 Å². The number of aryl methyl sites for hydroxylation is 1. The fraction of sp³-hybridized carbons (Fsp3) is 0.462. The predicted octanol–water partition coefficient (Wildman–Crippen LogP) is 3.50. The number of carbonyl (C=O) groups is 1. The largest absolute Gasteiger partial charge is 0.469 e. The Morgan fingerprint density at radius 2 is 2.19 bits per heavy atom. The summed E-state index contributed by atoms with van der Waals surface area (Å²) in [5.74, 6) is -0.167. The van der Waals surface area contributed by atoms with Gasteiger partial charge in [0.15, 0.2) is 0 Å². The van der Waals surface area contributed by atoms with E-state index >= 15 is 0 Å². The van der Waals surface area contributed by atoms with E-state index in [9.17, 15) is 4.79 Å². The molecule has 1 aromatic rings. The Morgan fingerprint density at radius 3 is 2.75 bits per heavy atom. The van der Waals surface area contributed by atoms with Gasteiger partial charge in [0.1, 0.15) is 0 Å². The van der Waals surface area contributed by atoms with Gasteiger partial charge in [0, 0.05) is 4.47 Å². The minimum absolute atomic E-state index is 0.0435. The summed E-state index contributed by atoms with van der Waals surface area (Å²) in [4.78, 5) is 11.5. The van der Waals surface area contributed by atoms with Gasteiger partial charge in [0.05, 0.1) is 13.0 Å². The lowest BCUT2D eigenvalue weighted by Gasteiger charge is -2.14. The maximum atomic E-state index is 11.5. The van der Waals surface area contributed by atoms with Crippen molar-refractivity contribution in [3.63, 3.8) is 0 Å². The van der Waals surface area contributed by atoms with Crippen LogP contribution in [0.1, 0.15) is 24.5 Å². The number of hydrogen-bond acceptors (Lipinski definition) is 2. The standard InChI is InChI=1S/C13H17BrO2/c1-4-10(13(15)16-3)7-11-8-12(14)6-5-9(11)2/h5-6,8,10H,4,7H2,1-3H3. The first kappa shape index (κ1) is 13.2. The van der Waals surface area contributed by atoms with E-state index in [1.54, 1.807) is 0 Å². The van der Waals surface area contributed by atoms with Gasteiger partial charge in [-0.3, -0.25) is 4.79 Å². The Balaban J connectivity index is 2.85. The number of esters is 1. The number of methoxy groups -OCH3 is 1. The molecule has 1 aromatic carbocycles. The monoisotopic (exact) mass is 284 g/mol. The Morgan fingerprint density at radius 1 is 1.50 bits per heavy atom. The molecule has 0 aliphatic heterocycles. The van der Waals surface area contributed by atoms with E-state index in [4.69, 9.17) is 4.74 Å². The molecule has 0 fully saturated rings. The molecule has 1 atom stereocenters. The molecule has 3 heteroatoms. The molecule has 0 N–H and O–H groups in total. The van der Waals surface area contributed by atoms with Crippen molar-refractivity contribution in [2.24, 2.45) is 5.92 Å². The molecule has 0 aliphatic carbocycles. The third-order valence-electron chi connectivity index (χ3n) is 2.80. The van der Waals surface area contributed by atoms with E-state index in [2.05, 4.69) is 35.0 Å². The third kappa shape index (κ3) is 3.34. The smallest absolute Gasteiger partial charge is 0.308 e. The van der Waals surface area contributed by atoms with Crippen molar-refractivity contribution < 1.29 is 9.53 Å². The SMILES string of the molecule is CCC(Cc1cc(Br)ccc1C)C(=O)OC. The normalized spacial score (nSPS) is 12.2. The molecule has 0 bridgehead atoms. The second-order valence-electron chi connectivity index (χ2n) is 3.90. The van der Waals surface area contributed by atoms with Crippen molar-refractivity contribution in [1.82, 2.24) is 0 Å². The Bertz CT molecular complexity index is 374. The van der Waals surface area contributed by atoms with Crippen LogP contribution in [-0.2, 0) is 16.0 Å². The van der Waals surface area contributed by atoms with Crippen molar-refractivity contribution in [3.8, 4) is 0 Å². The van der Waals surface area contributed by atoms with E-state index in [-0.39, 0.29) is 11.9 Å². The highest BCUT2D eigenvalue weighted by molar-refractivity contribution is 9.10. The summed E-state index contributed by atoms with van der Waals surface area (Å²) in [7, 11) is 1.44. The average molecular weight is 285 g/mol. The highest BCUT2D eigenvalue weighted by Gasteiger charge is 2.18. The summed E-state index contributed by atoms with van der Waals surface area (Å²) in [6.07, 6.45) is 1.55. The first-order chi connectivity index (χ1) is 7.58. The van der Waals surface area contributed by atoms with Gasteiger partial charge in [-0.15, -0.1) is 0 Å². The maximum Gasteiger partial charge on any atom is 0.308 e.